The van der Waals surface area contributed by atoms with Crippen LogP contribution in [-0.2, 0) is 0 Å². The van der Waals surface area contributed by atoms with Gasteiger partial charge in [0.25, 0.3) is 0 Å². The van der Waals surface area contributed by atoms with E-state index in [0.29, 0.717) is 11.2 Å². The standard InChI is InChI=1S/C16H23N5S/c1-20(2)15-5-4-10-21(11-15)14-8-6-13(7-9-14)19-16(22-3)18-12-17/h6-9,15H,4-5,10-11H2,1-3H3,(H,18,19). The molecule has 5 nitrogen and oxygen atoms in total. The van der Waals surface area contributed by atoms with Crippen molar-refractivity contribution in [1.29, 1.82) is 5.26 Å². The SMILES string of the molecule is CSC(=Nc1ccc(N2CCCC(N(C)C)C2)cc1)NC#N. The molecule has 2 rings (SSSR count). The van der Waals surface area contributed by atoms with Gasteiger partial charge in [0.2, 0.25) is 0 Å². The second-order valence-corrected chi connectivity index (χ2v) is 6.37. The van der Waals surface area contributed by atoms with Crippen LogP contribution < -0.4 is 10.2 Å². The first-order valence-electron chi connectivity index (χ1n) is 7.43. The van der Waals surface area contributed by atoms with Gasteiger partial charge >= 0.3 is 0 Å². The fraction of sp³-hybridized carbons (Fsp3) is 0.500. The summed E-state index contributed by atoms with van der Waals surface area (Å²) in [6.45, 7) is 2.18. The predicted molar refractivity (Wildman–Crippen MR) is 94.7 cm³/mol. The summed E-state index contributed by atoms with van der Waals surface area (Å²) in [7, 11) is 4.30. The van der Waals surface area contributed by atoms with Crippen molar-refractivity contribution < 1.29 is 0 Å². The minimum atomic E-state index is 0.612. The highest BCUT2D eigenvalue weighted by Gasteiger charge is 2.21. The van der Waals surface area contributed by atoms with Gasteiger partial charge in [-0.05, 0) is 57.5 Å². The van der Waals surface area contributed by atoms with Gasteiger partial charge in [0.15, 0.2) is 11.4 Å². The van der Waals surface area contributed by atoms with Gasteiger partial charge in [-0.2, -0.15) is 5.26 Å². The zero-order valence-electron chi connectivity index (χ0n) is 13.4. The van der Waals surface area contributed by atoms with Crippen LogP contribution in [0.15, 0.2) is 29.3 Å². The van der Waals surface area contributed by atoms with E-state index >= 15 is 0 Å². The lowest BCUT2D eigenvalue weighted by Gasteiger charge is -2.37. The number of nitrogens with one attached hydrogen (secondary N) is 1. The molecule has 118 valence electrons. The summed E-state index contributed by atoms with van der Waals surface area (Å²) < 4.78 is 0. The van der Waals surface area contributed by atoms with Crippen molar-refractivity contribution >= 4 is 28.3 Å². The number of amidine groups is 1. The highest BCUT2D eigenvalue weighted by Crippen LogP contribution is 2.24. The number of nitrogens with zero attached hydrogens (tertiary/aromatic N) is 4. The molecule has 1 atom stereocenters. The molecular formula is C16H23N5S. The van der Waals surface area contributed by atoms with Crippen molar-refractivity contribution in [1.82, 2.24) is 10.2 Å². The number of thioether (sulfide) groups is 1. The van der Waals surface area contributed by atoms with E-state index < -0.39 is 0 Å². The minimum Gasteiger partial charge on any atom is -0.370 e. The monoisotopic (exact) mass is 317 g/mol. The van der Waals surface area contributed by atoms with Gasteiger partial charge in [-0.1, -0.05) is 11.8 Å². The van der Waals surface area contributed by atoms with E-state index in [1.165, 1.54) is 30.3 Å². The van der Waals surface area contributed by atoms with Gasteiger partial charge in [0.1, 0.15) is 0 Å². The van der Waals surface area contributed by atoms with Crippen molar-refractivity contribution in [2.75, 3.05) is 38.3 Å². The van der Waals surface area contributed by atoms with Crippen LogP contribution in [0.4, 0.5) is 11.4 Å². The molecular weight excluding hydrogens is 294 g/mol. The number of likely N-dealkylation sites (N-methyl/N-ethyl adjacent to an activating group) is 1. The molecule has 1 fully saturated rings. The van der Waals surface area contributed by atoms with Crippen molar-refractivity contribution in [3.05, 3.63) is 24.3 Å². The van der Waals surface area contributed by atoms with Crippen LogP contribution in [0.25, 0.3) is 0 Å². The summed E-state index contributed by atoms with van der Waals surface area (Å²) in [4.78, 5) is 9.16. The fourth-order valence-electron chi connectivity index (χ4n) is 2.64. The second-order valence-electron chi connectivity index (χ2n) is 5.58. The highest BCUT2D eigenvalue weighted by atomic mass is 32.2. The summed E-state index contributed by atoms with van der Waals surface area (Å²) in [5.41, 5.74) is 2.10. The molecule has 0 radical (unpaired) electrons. The molecule has 0 aromatic heterocycles. The average molecular weight is 317 g/mol. The third kappa shape index (κ3) is 4.39. The molecule has 1 N–H and O–H groups in total. The molecule has 22 heavy (non-hydrogen) atoms. The van der Waals surface area contributed by atoms with Gasteiger partial charge in [0, 0.05) is 24.8 Å². The molecule has 0 aliphatic carbocycles. The normalized spacial score (nSPS) is 19.1. The van der Waals surface area contributed by atoms with Crippen LogP contribution in [0.5, 0.6) is 0 Å². The summed E-state index contributed by atoms with van der Waals surface area (Å²) in [5.74, 6) is 0. The third-order valence-electron chi connectivity index (χ3n) is 3.93. The van der Waals surface area contributed by atoms with E-state index in [-0.39, 0.29) is 0 Å². The van der Waals surface area contributed by atoms with E-state index in [1.807, 2.05) is 24.6 Å². The predicted octanol–water partition coefficient (Wildman–Crippen LogP) is 2.64. The third-order valence-corrected chi connectivity index (χ3v) is 4.51. The number of hydrogen-bond donors (Lipinski definition) is 1. The molecule has 0 bridgehead atoms. The van der Waals surface area contributed by atoms with Crippen LogP contribution in [0.2, 0.25) is 0 Å². The van der Waals surface area contributed by atoms with Gasteiger partial charge < -0.3 is 9.80 Å². The van der Waals surface area contributed by atoms with E-state index in [9.17, 15) is 0 Å². The number of benzene rings is 1. The van der Waals surface area contributed by atoms with Crippen molar-refractivity contribution in [2.24, 2.45) is 4.99 Å². The number of nitriles is 1. The average Bonchev–Trinajstić information content (AvgIpc) is 2.55. The molecule has 1 heterocycles. The summed E-state index contributed by atoms with van der Waals surface area (Å²) >= 11 is 1.43. The van der Waals surface area contributed by atoms with Crippen LogP contribution in [0.1, 0.15) is 12.8 Å². The number of rotatable bonds is 3. The number of anilines is 1. The molecule has 1 aliphatic rings. The van der Waals surface area contributed by atoms with Gasteiger partial charge in [-0.3, -0.25) is 5.32 Å². The molecule has 0 saturated carbocycles. The smallest absolute Gasteiger partial charge is 0.183 e. The largest absolute Gasteiger partial charge is 0.370 e. The van der Waals surface area contributed by atoms with E-state index in [1.54, 1.807) is 0 Å². The number of piperidine rings is 1. The molecule has 1 aromatic rings. The van der Waals surface area contributed by atoms with Crippen LogP contribution in [0.3, 0.4) is 0 Å². The fourth-order valence-corrected chi connectivity index (χ4v) is 2.98. The maximum absolute atomic E-state index is 8.66. The first-order valence-corrected chi connectivity index (χ1v) is 8.65. The Morgan fingerprint density at radius 1 is 1.41 bits per heavy atom. The zero-order chi connectivity index (χ0) is 15.9. The van der Waals surface area contributed by atoms with Crippen molar-refractivity contribution in [3.8, 4) is 6.19 Å². The Morgan fingerprint density at radius 3 is 2.73 bits per heavy atom. The lowest BCUT2D eigenvalue weighted by atomic mass is 10.0. The van der Waals surface area contributed by atoms with Gasteiger partial charge in [-0.15, -0.1) is 0 Å². The highest BCUT2D eigenvalue weighted by molar-refractivity contribution is 8.13. The molecule has 1 unspecified atom stereocenters. The maximum Gasteiger partial charge on any atom is 0.183 e. The topological polar surface area (TPSA) is 54.7 Å². The molecule has 0 spiro atoms. The molecule has 1 aromatic carbocycles. The first-order chi connectivity index (χ1) is 10.6. The quantitative estimate of drug-likeness (QED) is 0.402. The van der Waals surface area contributed by atoms with Crippen molar-refractivity contribution in [3.63, 3.8) is 0 Å². The molecule has 6 heteroatoms. The summed E-state index contributed by atoms with van der Waals surface area (Å²) in [6, 6.07) is 8.85. The molecule has 1 aliphatic heterocycles. The Hall–Kier alpha value is -1.71. The van der Waals surface area contributed by atoms with Gasteiger partial charge in [-0.25, -0.2) is 4.99 Å². The Balaban J connectivity index is 2.07. The van der Waals surface area contributed by atoms with Crippen LogP contribution in [0, 0.1) is 11.5 Å². The van der Waals surface area contributed by atoms with Gasteiger partial charge in [0.05, 0.1) is 5.69 Å². The lowest BCUT2D eigenvalue weighted by molar-refractivity contribution is 0.258. The Morgan fingerprint density at radius 2 is 2.14 bits per heavy atom. The summed E-state index contributed by atoms with van der Waals surface area (Å²) in [6.07, 6.45) is 6.29. The first kappa shape index (κ1) is 16.7. The number of aliphatic imine (C=N–C) groups is 1. The Bertz CT molecular complexity index is 547. The van der Waals surface area contributed by atoms with Crippen LogP contribution in [-0.4, -0.2) is 49.6 Å². The van der Waals surface area contributed by atoms with E-state index in [0.717, 1.165) is 18.8 Å². The maximum atomic E-state index is 8.66. The lowest BCUT2D eigenvalue weighted by Crippen LogP contribution is -2.45. The second kappa shape index (κ2) is 8.06. The van der Waals surface area contributed by atoms with E-state index in [2.05, 4.69) is 46.3 Å². The van der Waals surface area contributed by atoms with E-state index in [4.69, 9.17) is 5.26 Å². The summed E-state index contributed by atoms with van der Waals surface area (Å²) in [5, 5.41) is 11.9. The zero-order valence-corrected chi connectivity index (χ0v) is 14.2. The van der Waals surface area contributed by atoms with Crippen molar-refractivity contribution in [2.45, 2.75) is 18.9 Å². The Labute approximate surface area is 137 Å². The minimum absolute atomic E-state index is 0.612. The van der Waals surface area contributed by atoms with Crippen LogP contribution >= 0.6 is 11.8 Å². The number of hydrogen-bond acceptors (Lipinski definition) is 5. The molecule has 0 amide bonds. The Kier molecular flexibility index (Phi) is 6.10. The molecule has 1 saturated heterocycles.